The number of carbonyl (C=O) groups is 3. The molecule has 2 aromatic heterocycles. The smallest absolute Gasteiger partial charge is 0.438 e. The maximum absolute atomic E-state index is 14.8. The first-order valence-electron chi connectivity index (χ1n) is 18.0. The first kappa shape index (κ1) is 35.6. The molecule has 3 atom stereocenters. The third-order valence-electron chi connectivity index (χ3n) is 10.6. The second kappa shape index (κ2) is 14.8. The summed E-state index contributed by atoms with van der Waals surface area (Å²) in [6.45, 7) is 0.344. The second-order valence-corrected chi connectivity index (χ2v) is 14.1. The largest absolute Gasteiger partial charge is 0.508 e. The van der Waals surface area contributed by atoms with E-state index in [0.717, 1.165) is 27.6 Å². The number of likely N-dealkylation sites (N-methyl/N-ethyl adjacent to an activating group) is 1. The molecule has 0 aliphatic carbocycles. The number of urea groups is 1. The van der Waals surface area contributed by atoms with E-state index in [2.05, 4.69) is 15.5 Å². The molecule has 2 aliphatic heterocycles. The van der Waals surface area contributed by atoms with E-state index >= 15 is 0 Å². The van der Waals surface area contributed by atoms with Crippen LogP contribution in [0.2, 0.25) is 0 Å². The van der Waals surface area contributed by atoms with Gasteiger partial charge >= 0.3 is 6.03 Å². The minimum Gasteiger partial charge on any atom is -0.508 e. The number of halogens is 1. The van der Waals surface area contributed by atoms with E-state index in [1.54, 1.807) is 70.5 Å². The molecule has 278 valence electrons. The topological polar surface area (TPSA) is 132 Å². The van der Waals surface area contributed by atoms with Gasteiger partial charge in [0.2, 0.25) is 18.0 Å². The third-order valence-corrected chi connectivity index (χ3v) is 10.6. The average Bonchev–Trinajstić information content (AvgIpc) is 3.67. The van der Waals surface area contributed by atoms with Crippen molar-refractivity contribution in [1.82, 2.24) is 30.3 Å². The Kier molecular flexibility index (Phi) is 9.55. The number of nitrogens with zero attached hydrogens (tertiary/aromatic N) is 6. The van der Waals surface area contributed by atoms with Gasteiger partial charge < -0.3 is 14.5 Å². The zero-order valence-corrected chi connectivity index (χ0v) is 30.1. The molecule has 0 saturated carbocycles. The van der Waals surface area contributed by atoms with Crippen LogP contribution < -0.4 is 5.32 Å². The Bertz CT molecular complexity index is 2350. The van der Waals surface area contributed by atoms with Gasteiger partial charge in [0.1, 0.15) is 36.4 Å². The van der Waals surface area contributed by atoms with Gasteiger partial charge in [-0.1, -0.05) is 65.8 Å². The van der Waals surface area contributed by atoms with Crippen molar-refractivity contribution in [3.05, 3.63) is 150 Å². The zero-order valence-electron chi connectivity index (χ0n) is 30.1. The highest BCUT2D eigenvalue weighted by atomic mass is 19.1. The number of carbonyl (C=O) groups excluding carboxylic acids is 3. The number of aromatic hydroxyl groups is 1. The first-order chi connectivity index (χ1) is 26.7. The fourth-order valence-corrected chi connectivity index (χ4v) is 7.65. The van der Waals surface area contributed by atoms with E-state index in [0.29, 0.717) is 17.0 Å². The van der Waals surface area contributed by atoms with E-state index in [-0.39, 0.29) is 68.6 Å². The van der Waals surface area contributed by atoms with Gasteiger partial charge in [-0.05, 0) is 65.2 Å². The first-order valence-corrected chi connectivity index (χ1v) is 18.0. The lowest BCUT2D eigenvalue weighted by molar-refractivity contribution is -0.986. The predicted molar refractivity (Wildman–Crippen MR) is 201 cm³/mol. The lowest BCUT2D eigenvalue weighted by Crippen LogP contribution is -2.83. The number of phenolic OH excluding ortho intramolecular Hbond substituents is 1. The van der Waals surface area contributed by atoms with E-state index < -0.39 is 16.8 Å². The summed E-state index contributed by atoms with van der Waals surface area (Å²) in [5.74, 6) is -0.460. The van der Waals surface area contributed by atoms with Gasteiger partial charge in [0, 0.05) is 42.7 Å². The molecule has 0 bridgehead atoms. The van der Waals surface area contributed by atoms with Gasteiger partial charge in [-0.2, -0.15) is 0 Å². The summed E-state index contributed by atoms with van der Waals surface area (Å²) >= 11 is 0. The number of phenols is 1. The fourth-order valence-electron chi connectivity index (χ4n) is 7.65. The number of fused-ring (bicyclic) bond motifs is 2. The summed E-state index contributed by atoms with van der Waals surface area (Å²) in [6, 6.07) is 32.0. The molecule has 12 nitrogen and oxygen atoms in total. The van der Waals surface area contributed by atoms with Crippen LogP contribution in [0.25, 0.3) is 22.2 Å². The molecule has 4 aromatic carbocycles. The number of amides is 4. The average molecular weight is 741 g/mol. The molecule has 8 rings (SSSR count). The lowest BCUT2D eigenvalue weighted by atomic mass is 9.97. The van der Waals surface area contributed by atoms with Gasteiger partial charge in [-0.15, -0.1) is 9.60 Å². The molecule has 3 unspecified atom stereocenters. The summed E-state index contributed by atoms with van der Waals surface area (Å²) in [6.07, 6.45) is 1.05. The Morgan fingerprint density at radius 2 is 1.71 bits per heavy atom. The Morgan fingerprint density at radius 3 is 2.49 bits per heavy atom. The van der Waals surface area contributed by atoms with Crippen molar-refractivity contribution < 1.29 is 33.0 Å². The molecule has 2 saturated heterocycles. The molecule has 13 heteroatoms. The number of quaternary nitrogens is 1. The van der Waals surface area contributed by atoms with Crippen molar-refractivity contribution in [2.75, 3.05) is 20.1 Å². The SMILES string of the molecule is C[N+]1(C(=O)NCc2ccccc2)C2CN(Cc3cccc4ncccc34)C(=O)C(Cc3ccc(O)cc3)N2C(=O)CN1Cc1cc(-c2ccc(F)cc2)no1. The number of rotatable bonds is 9. The van der Waals surface area contributed by atoms with Crippen LogP contribution in [0.5, 0.6) is 5.75 Å². The van der Waals surface area contributed by atoms with Crippen LogP contribution in [0, 0.1) is 5.82 Å². The predicted octanol–water partition coefficient (Wildman–Crippen LogP) is 5.63. The molecule has 2 aliphatic rings. The molecule has 0 radical (unpaired) electrons. The van der Waals surface area contributed by atoms with Crippen molar-refractivity contribution in [1.29, 1.82) is 0 Å². The molecule has 4 amide bonds. The molecule has 6 aromatic rings. The number of nitrogens with one attached hydrogen (secondary N) is 1. The van der Waals surface area contributed by atoms with Crippen LogP contribution in [0.1, 0.15) is 22.5 Å². The molecular formula is C42H39FN7O5+. The van der Waals surface area contributed by atoms with Crippen LogP contribution in [0.3, 0.4) is 0 Å². The fraction of sp³-hybridized carbons (Fsp3) is 0.214. The minimum absolute atomic E-state index is 0.0328. The molecule has 2 N–H and O–H groups in total. The minimum atomic E-state index is -0.944. The Labute approximate surface area is 316 Å². The van der Waals surface area contributed by atoms with Crippen LogP contribution in [0.15, 0.2) is 126 Å². The van der Waals surface area contributed by atoms with Gasteiger partial charge in [0.25, 0.3) is 0 Å². The van der Waals surface area contributed by atoms with Crippen LogP contribution in [-0.2, 0) is 35.6 Å². The monoisotopic (exact) mass is 740 g/mol. The van der Waals surface area contributed by atoms with E-state index in [1.807, 2.05) is 60.7 Å². The number of pyridine rings is 1. The molecule has 4 heterocycles. The van der Waals surface area contributed by atoms with E-state index in [9.17, 15) is 23.9 Å². The molecular weight excluding hydrogens is 702 g/mol. The summed E-state index contributed by atoms with van der Waals surface area (Å²) in [5.41, 5.74) is 4.45. The summed E-state index contributed by atoms with van der Waals surface area (Å²) in [7, 11) is 1.76. The van der Waals surface area contributed by atoms with Crippen LogP contribution >= 0.6 is 0 Å². The van der Waals surface area contributed by atoms with Crippen molar-refractivity contribution in [2.45, 2.75) is 38.3 Å². The number of aromatic nitrogens is 2. The van der Waals surface area contributed by atoms with E-state index in [4.69, 9.17) is 4.52 Å². The van der Waals surface area contributed by atoms with Crippen molar-refractivity contribution in [3.63, 3.8) is 0 Å². The van der Waals surface area contributed by atoms with Gasteiger partial charge in [-0.25, -0.2) is 9.18 Å². The Morgan fingerprint density at radius 1 is 0.927 bits per heavy atom. The normalized spacial score (nSPS) is 20.1. The van der Waals surface area contributed by atoms with Gasteiger partial charge in [0.15, 0.2) is 5.76 Å². The Hall–Kier alpha value is -6.44. The highest BCUT2D eigenvalue weighted by Gasteiger charge is 2.61. The maximum Gasteiger partial charge on any atom is 0.438 e. The number of hydrogen-bond donors (Lipinski definition) is 2. The molecule has 2 fully saturated rings. The number of hydrogen-bond acceptors (Lipinski definition) is 8. The maximum atomic E-state index is 14.8. The summed E-state index contributed by atoms with van der Waals surface area (Å²) < 4.78 is 19.0. The molecule has 55 heavy (non-hydrogen) atoms. The highest BCUT2D eigenvalue weighted by molar-refractivity contribution is 5.91. The number of piperazine rings is 1. The van der Waals surface area contributed by atoms with Gasteiger partial charge in [0.05, 0.1) is 19.1 Å². The Balaban J connectivity index is 1.19. The zero-order chi connectivity index (χ0) is 38.1. The van der Waals surface area contributed by atoms with Crippen LogP contribution in [0.4, 0.5) is 9.18 Å². The second-order valence-electron chi connectivity index (χ2n) is 14.1. The van der Waals surface area contributed by atoms with Crippen molar-refractivity contribution in [2.24, 2.45) is 0 Å². The standard InChI is InChI=1S/C42H38FN7O5/c1-50(42(54)45-23-29-7-3-2-4-8-29)39-26-47(24-31-9-5-11-36-35(31)10-6-20-44-36)41(53)38(21-28-12-18-33(51)19-13-28)49(39)40(52)27-48(50)25-34-22-37(46-55-34)30-14-16-32(43)17-15-30/h2-20,22,38-39H,21,23-27H2,1H3,(H-,45,51,54)/p+1. The third kappa shape index (κ3) is 7.02. The number of benzene rings is 4. The van der Waals surface area contributed by atoms with Crippen molar-refractivity contribution >= 4 is 28.7 Å². The van der Waals surface area contributed by atoms with Crippen molar-refractivity contribution in [3.8, 4) is 17.0 Å². The van der Waals surface area contributed by atoms with E-state index in [1.165, 1.54) is 12.1 Å². The molecule has 0 spiro atoms. The van der Waals surface area contributed by atoms with Gasteiger partial charge in [-0.3, -0.25) is 24.8 Å². The van der Waals surface area contributed by atoms with Crippen LogP contribution in [-0.4, -0.2) is 84.8 Å². The summed E-state index contributed by atoms with van der Waals surface area (Å²) in [4.78, 5) is 51.7. The quantitative estimate of drug-likeness (QED) is 0.183. The lowest BCUT2D eigenvalue weighted by Gasteiger charge is -2.56. The highest BCUT2D eigenvalue weighted by Crippen LogP contribution is 2.35. The summed E-state index contributed by atoms with van der Waals surface area (Å²) in [5, 5.41) is 20.0.